The average molecular weight is 507 g/mol. The minimum atomic E-state index is -0.779. The number of ether oxygens (including phenoxy) is 1. The van der Waals surface area contributed by atoms with Crippen molar-refractivity contribution in [3.63, 3.8) is 0 Å². The molecule has 38 heavy (non-hydrogen) atoms. The minimum absolute atomic E-state index is 0.173. The van der Waals surface area contributed by atoms with Crippen LogP contribution in [0.4, 0.5) is 5.69 Å². The van der Waals surface area contributed by atoms with Crippen molar-refractivity contribution < 1.29 is 9.53 Å². The van der Waals surface area contributed by atoms with Crippen LogP contribution in [0, 0.1) is 5.92 Å². The van der Waals surface area contributed by atoms with E-state index in [2.05, 4.69) is 64.8 Å². The first-order valence-electron chi connectivity index (χ1n) is 14.4. The fraction of sp³-hybridized carbons (Fsp3) is 0.382. The second-order valence-corrected chi connectivity index (χ2v) is 11.1. The van der Waals surface area contributed by atoms with E-state index in [9.17, 15) is 4.79 Å². The number of benzene rings is 2. The number of hydrogen-bond donors (Lipinski definition) is 1. The second kappa shape index (κ2) is 11.2. The predicted molar refractivity (Wildman–Crippen MR) is 155 cm³/mol. The normalized spacial score (nSPS) is 23.3. The zero-order chi connectivity index (χ0) is 25.8. The SMILES string of the molecule is O=C1N(CC2CCCCCCNCCC2)c2ccccc2C12COc1cc3ccccccccc3cc12. The van der Waals surface area contributed by atoms with Crippen molar-refractivity contribution in [2.45, 2.75) is 50.4 Å². The first kappa shape index (κ1) is 24.9. The van der Waals surface area contributed by atoms with Gasteiger partial charge in [0.25, 0.3) is 0 Å². The summed E-state index contributed by atoms with van der Waals surface area (Å²) in [4.78, 5) is 16.6. The summed E-state index contributed by atoms with van der Waals surface area (Å²) in [5.41, 5.74) is 2.37. The van der Waals surface area contributed by atoms with Gasteiger partial charge in [-0.15, -0.1) is 0 Å². The molecule has 0 aliphatic carbocycles. The molecular weight excluding hydrogens is 468 g/mol. The number of carbonyl (C=O) groups is 1. The monoisotopic (exact) mass is 506 g/mol. The Kier molecular flexibility index (Phi) is 7.33. The lowest BCUT2D eigenvalue weighted by molar-refractivity contribution is -0.122. The maximum absolute atomic E-state index is 14.5. The Bertz CT molecular complexity index is 1360. The van der Waals surface area contributed by atoms with Crippen LogP contribution in [0.25, 0.3) is 10.8 Å². The highest BCUT2D eigenvalue weighted by molar-refractivity contribution is 6.12. The van der Waals surface area contributed by atoms with Crippen LogP contribution in [0.1, 0.15) is 56.1 Å². The van der Waals surface area contributed by atoms with Crippen LogP contribution in [-0.2, 0) is 10.2 Å². The fourth-order valence-electron chi connectivity index (χ4n) is 6.56. The van der Waals surface area contributed by atoms with Crippen molar-refractivity contribution in [3.8, 4) is 5.75 Å². The molecule has 2 unspecified atom stereocenters. The topological polar surface area (TPSA) is 41.6 Å². The number of carbonyl (C=O) groups excluding carboxylic acids is 1. The molecule has 0 bridgehead atoms. The summed E-state index contributed by atoms with van der Waals surface area (Å²) in [6.45, 7) is 3.35. The average Bonchev–Trinajstić information content (AvgIpc) is 3.40. The van der Waals surface area contributed by atoms with Gasteiger partial charge >= 0.3 is 0 Å². The third-order valence-corrected chi connectivity index (χ3v) is 8.58. The molecule has 1 N–H and O–H groups in total. The van der Waals surface area contributed by atoms with Gasteiger partial charge in [-0.3, -0.25) is 4.79 Å². The summed E-state index contributed by atoms with van der Waals surface area (Å²) in [7, 11) is 0. The molecule has 1 saturated heterocycles. The van der Waals surface area contributed by atoms with Crippen molar-refractivity contribution in [3.05, 3.63) is 96.1 Å². The van der Waals surface area contributed by atoms with Crippen molar-refractivity contribution >= 4 is 22.4 Å². The van der Waals surface area contributed by atoms with E-state index >= 15 is 0 Å². The molecule has 0 saturated carbocycles. The maximum Gasteiger partial charge on any atom is 0.245 e. The van der Waals surface area contributed by atoms with Crippen LogP contribution in [0.2, 0.25) is 0 Å². The third-order valence-electron chi connectivity index (χ3n) is 8.58. The largest absolute Gasteiger partial charge is 0.491 e. The zero-order valence-corrected chi connectivity index (χ0v) is 22.2. The smallest absolute Gasteiger partial charge is 0.245 e. The Morgan fingerprint density at radius 3 is 2.32 bits per heavy atom. The van der Waals surface area contributed by atoms with Crippen LogP contribution in [0.3, 0.4) is 0 Å². The number of nitrogens with one attached hydrogen (secondary N) is 1. The van der Waals surface area contributed by atoms with E-state index in [1.165, 1.54) is 38.5 Å². The van der Waals surface area contributed by atoms with E-state index in [0.717, 1.165) is 59.4 Å². The fourth-order valence-corrected chi connectivity index (χ4v) is 6.56. The Labute approximate surface area is 226 Å². The molecule has 1 spiro atoms. The molecule has 3 heterocycles. The van der Waals surface area contributed by atoms with Crippen molar-refractivity contribution in [2.75, 3.05) is 31.1 Å². The number of amides is 1. The first-order chi connectivity index (χ1) is 18.8. The summed E-state index contributed by atoms with van der Waals surface area (Å²) >= 11 is 0. The van der Waals surface area contributed by atoms with Crippen LogP contribution in [0.5, 0.6) is 5.75 Å². The van der Waals surface area contributed by atoms with Gasteiger partial charge < -0.3 is 15.0 Å². The van der Waals surface area contributed by atoms with E-state index < -0.39 is 5.41 Å². The molecular formula is C34H38N2O2. The van der Waals surface area contributed by atoms with E-state index in [0.29, 0.717) is 12.5 Å². The lowest BCUT2D eigenvalue weighted by Gasteiger charge is -2.27. The van der Waals surface area contributed by atoms with E-state index in [-0.39, 0.29) is 5.91 Å². The molecule has 0 radical (unpaired) electrons. The first-order valence-corrected chi connectivity index (χ1v) is 14.4. The van der Waals surface area contributed by atoms with Crippen molar-refractivity contribution in [1.82, 2.24) is 5.32 Å². The van der Waals surface area contributed by atoms with Gasteiger partial charge in [-0.05, 0) is 79.2 Å². The number of hydrogen-bond acceptors (Lipinski definition) is 3. The van der Waals surface area contributed by atoms with Gasteiger partial charge in [0.05, 0.1) is 0 Å². The number of para-hydroxylation sites is 1. The van der Waals surface area contributed by atoms with Crippen LogP contribution in [-0.4, -0.2) is 32.1 Å². The molecule has 4 heteroatoms. The Balaban J connectivity index is 1.39. The standard InChI is InChI=1S/C34H38N2O2/c37-33-34(25-38-32-23-28-17-9-4-2-1-3-8-16-27(28)22-30(32)34)29-18-10-11-19-31(29)36(33)24-26-14-7-5-6-12-20-35-21-13-15-26/h1-4,8-11,16-19,22-23,26,35H,5-7,12-15,20-21,24-25H2. The van der Waals surface area contributed by atoms with Crippen molar-refractivity contribution in [1.29, 1.82) is 0 Å². The van der Waals surface area contributed by atoms with Gasteiger partial charge in [0.2, 0.25) is 5.91 Å². The Morgan fingerprint density at radius 2 is 1.45 bits per heavy atom. The van der Waals surface area contributed by atoms with Gasteiger partial charge in [0.15, 0.2) is 0 Å². The second-order valence-electron chi connectivity index (χ2n) is 11.1. The third kappa shape index (κ3) is 4.67. The number of anilines is 1. The Morgan fingerprint density at radius 1 is 0.763 bits per heavy atom. The molecule has 6 rings (SSSR count). The molecule has 3 aliphatic heterocycles. The summed E-state index contributed by atoms with van der Waals surface area (Å²) in [6.07, 6.45) is 8.62. The quantitative estimate of drug-likeness (QED) is 0.409. The molecule has 4 nitrogen and oxygen atoms in total. The molecule has 2 atom stereocenters. The number of nitrogens with zero attached hydrogens (tertiary/aromatic N) is 1. The van der Waals surface area contributed by atoms with Gasteiger partial charge in [-0.25, -0.2) is 0 Å². The lowest BCUT2D eigenvalue weighted by atomic mass is 9.76. The van der Waals surface area contributed by atoms with Gasteiger partial charge in [0, 0.05) is 17.8 Å². The number of rotatable bonds is 2. The molecule has 3 aromatic rings. The van der Waals surface area contributed by atoms with Gasteiger partial charge in [-0.2, -0.15) is 0 Å². The molecule has 1 amide bonds. The van der Waals surface area contributed by atoms with Gasteiger partial charge in [-0.1, -0.05) is 86.0 Å². The maximum atomic E-state index is 14.5. The van der Waals surface area contributed by atoms with E-state index in [4.69, 9.17) is 4.74 Å². The van der Waals surface area contributed by atoms with Crippen LogP contribution < -0.4 is 15.0 Å². The molecule has 0 aromatic heterocycles. The number of fused-ring (bicyclic) bond motifs is 5. The molecule has 3 aliphatic rings. The van der Waals surface area contributed by atoms with Gasteiger partial charge in [0.1, 0.15) is 17.8 Å². The van der Waals surface area contributed by atoms with Crippen molar-refractivity contribution in [2.24, 2.45) is 5.92 Å². The highest BCUT2D eigenvalue weighted by Crippen LogP contribution is 2.53. The molecule has 196 valence electrons. The lowest BCUT2D eigenvalue weighted by Crippen LogP contribution is -2.44. The summed E-state index contributed by atoms with van der Waals surface area (Å²) in [6, 6.07) is 29.1. The van der Waals surface area contributed by atoms with E-state index in [1.54, 1.807) is 0 Å². The zero-order valence-electron chi connectivity index (χ0n) is 22.2. The molecule has 3 aromatic carbocycles. The highest BCUT2D eigenvalue weighted by Gasteiger charge is 2.57. The predicted octanol–water partition coefficient (Wildman–Crippen LogP) is 6.94. The summed E-state index contributed by atoms with van der Waals surface area (Å²) in [5, 5.41) is 5.79. The highest BCUT2D eigenvalue weighted by atomic mass is 16.5. The summed E-state index contributed by atoms with van der Waals surface area (Å²) < 4.78 is 6.33. The van der Waals surface area contributed by atoms with Crippen LogP contribution >= 0.6 is 0 Å². The minimum Gasteiger partial charge on any atom is -0.491 e. The van der Waals surface area contributed by atoms with E-state index in [1.807, 2.05) is 30.3 Å². The Hall–Kier alpha value is -3.37. The summed E-state index contributed by atoms with van der Waals surface area (Å²) in [5.74, 6) is 1.51. The van der Waals surface area contributed by atoms with Crippen LogP contribution in [0.15, 0.2) is 84.9 Å². The molecule has 1 fully saturated rings.